The molecule has 1 aromatic heterocycles. The molecule has 11 heteroatoms. The van der Waals surface area contributed by atoms with Gasteiger partial charge in [0.1, 0.15) is 0 Å². The second kappa shape index (κ2) is 9.49. The number of rotatable bonds is 8. The van der Waals surface area contributed by atoms with Gasteiger partial charge in [-0.25, -0.2) is 0 Å². The number of fused-ring (bicyclic) bond motifs is 1. The van der Waals surface area contributed by atoms with Crippen molar-refractivity contribution in [3.63, 3.8) is 0 Å². The van der Waals surface area contributed by atoms with E-state index < -0.39 is 4.92 Å². The summed E-state index contributed by atoms with van der Waals surface area (Å²) in [5.41, 5.74) is 1.47. The Morgan fingerprint density at radius 1 is 1.18 bits per heavy atom. The lowest BCUT2D eigenvalue weighted by molar-refractivity contribution is -0.384. The summed E-state index contributed by atoms with van der Waals surface area (Å²) in [5, 5.41) is 23.2. The summed E-state index contributed by atoms with van der Waals surface area (Å²) in [7, 11) is 1.86. The van der Waals surface area contributed by atoms with Crippen molar-refractivity contribution >= 4 is 23.4 Å². The van der Waals surface area contributed by atoms with Gasteiger partial charge in [-0.3, -0.25) is 14.9 Å². The molecule has 1 amide bonds. The summed E-state index contributed by atoms with van der Waals surface area (Å²) in [6.45, 7) is 4.15. The third-order valence-corrected chi connectivity index (χ3v) is 6.34. The van der Waals surface area contributed by atoms with Crippen LogP contribution in [0.1, 0.15) is 41.6 Å². The number of thioether (sulfide) groups is 1. The van der Waals surface area contributed by atoms with Crippen molar-refractivity contribution in [2.45, 2.75) is 30.8 Å². The van der Waals surface area contributed by atoms with Crippen LogP contribution in [-0.4, -0.2) is 32.4 Å². The second-order valence-electron chi connectivity index (χ2n) is 7.88. The van der Waals surface area contributed by atoms with Crippen LogP contribution in [0.2, 0.25) is 0 Å². The zero-order valence-electron chi connectivity index (χ0n) is 18.3. The van der Waals surface area contributed by atoms with Gasteiger partial charge < -0.3 is 19.4 Å². The number of hydrogen-bond donors (Lipinski definition) is 1. The van der Waals surface area contributed by atoms with Gasteiger partial charge >= 0.3 is 0 Å². The van der Waals surface area contributed by atoms with E-state index in [2.05, 4.69) is 15.5 Å². The highest BCUT2D eigenvalue weighted by Crippen LogP contribution is 2.33. The number of carbonyl (C=O) groups excluding carboxylic acids is 1. The molecule has 0 fully saturated rings. The molecule has 10 nitrogen and oxygen atoms in total. The summed E-state index contributed by atoms with van der Waals surface area (Å²) < 4.78 is 12.5. The molecule has 0 aliphatic carbocycles. The molecule has 0 spiro atoms. The van der Waals surface area contributed by atoms with Crippen LogP contribution in [-0.2, 0) is 12.8 Å². The smallest absolute Gasteiger partial charge is 0.269 e. The van der Waals surface area contributed by atoms with Gasteiger partial charge in [0.2, 0.25) is 6.79 Å². The van der Waals surface area contributed by atoms with Crippen LogP contribution >= 0.6 is 11.8 Å². The van der Waals surface area contributed by atoms with Gasteiger partial charge in [-0.1, -0.05) is 37.7 Å². The van der Waals surface area contributed by atoms with Crippen molar-refractivity contribution in [2.75, 3.05) is 6.79 Å². The lowest BCUT2D eigenvalue weighted by Gasteiger charge is -2.21. The number of nitrogens with zero attached hydrogens (tertiary/aromatic N) is 4. The van der Waals surface area contributed by atoms with Crippen molar-refractivity contribution in [2.24, 2.45) is 13.0 Å². The Hall–Kier alpha value is -3.60. The first-order valence-corrected chi connectivity index (χ1v) is 11.3. The van der Waals surface area contributed by atoms with Crippen molar-refractivity contribution < 1.29 is 19.2 Å². The average molecular weight is 470 g/mol. The first kappa shape index (κ1) is 22.6. The highest BCUT2D eigenvalue weighted by Gasteiger charge is 2.26. The molecule has 0 radical (unpaired) electrons. The molecular weight excluding hydrogens is 446 g/mol. The molecule has 0 saturated heterocycles. The Balaban J connectivity index is 1.46. The summed E-state index contributed by atoms with van der Waals surface area (Å²) in [6, 6.07) is 11.2. The largest absolute Gasteiger partial charge is 0.454 e. The number of hydrogen-bond acceptors (Lipinski definition) is 8. The van der Waals surface area contributed by atoms with E-state index in [-0.39, 0.29) is 30.3 Å². The monoisotopic (exact) mass is 469 g/mol. The van der Waals surface area contributed by atoms with E-state index in [1.54, 1.807) is 30.3 Å². The van der Waals surface area contributed by atoms with Crippen molar-refractivity contribution in [1.29, 1.82) is 0 Å². The molecule has 3 aromatic rings. The van der Waals surface area contributed by atoms with Gasteiger partial charge in [-0.05, 0) is 29.7 Å². The number of ether oxygens (including phenoxy) is 2. The molecule has 4 rings (SSSR count). The van der Waals surface area contributed by atoms with Crippen LogP contribution in [0.25, 0.3) is 0 Å². The second-order valence-corrected chi connectivity index (χ2v) is 8.82. The molecule has 1 unspecified atom stereocenters. The lowest BCUT2D eigenvalue weighted by atomic mass is 10.0. The quantitative estimate of drug-likeness (QED) is 0.300. The highest BCUT2D eigenvalue weighted by molar-refractivity contribution is 7.98. The van der Waals surface area contributed by atoms with Crippen molar-refractivity contribution in [1.82, 2.24) is 20.1 Å². The summed E-state index contributed by atoms with van der Waals surface area (Å²) in [6.07, 6.45) is 0. The van der Waals surface area contributed by atoms with E-state index in [1.165, 1.54) is 23.9 Å². The van der Waals surface area contributed by atoms with Crippen LogP contribution in [0, 0.1) is 16.0 Å². The van der Waals surface area contributed by atoms with Crippen molar-refractivity contribution in [3.05, 3.63) is 69.5 Å². The maximum absolute atomic E-state index is 12.9. The van der Waals surface area contributed by atoms with Gasteiger partial charge in [0.05, 0.1) is 11.0 Å². The fourth-order valence-corrected chi connectivity index (χ4v) is 4.25. The minimum atomic E-state index is -0.421. The molecule has 0 bridgehead atoms. The molecule has 2 aromatic carbocycles. The van der Waals surface area contributed by atoms with Gasteiger partial charge in [-0.15, -0.1) is 10.2 Å². The molecule has 1 atom stereocenters. The Kier molecular flexibility index (Phi) is 6.50. The van der Waals surface area contributed by atoms with Crippen LogP contribution in [0.5, 0.6) is 11.5 Å². The fourth-order valence-electron chi connectivity index (χ4n) is 3.38. The zero-order chi connectivity index (χ0) is 23.5. The predicted molar refractivity (Wildman–Crippen MR) is 121 cm³/mol. The van der Waals surface area contributed by atoms with E-state index in [1.807, 2.05) is 25.5 Å². The van der Waals surface area contributed by atoms with Crippen LogP contribution < -0.4 is 14.8 Å². The van der Waals surface area contributed by atoms with Crippen LogP contribution in [0.4, 0.5) is 5.69 Å². The van der Waals surface area contributed by atoms with Crippen LogP contribution in [0.3, 0.4) is 0 Å². The topological polar surface area (TPSA) is 121 Å². The molecule has 172 valence electrons. The normalized spacial score (nSPS) is 13.2. The third kappa shape index (κ3) is 4.92. The minimum absolute atomic E-state index is 0.0580. The molecule has 1 aliphatic rings. The maximum Gasteiger partial charge on any atom is 0.269 e. The number of nitro groups is 1. The van der Waals surface area contributed by atoms with E-state index in [9.17, 15) is 14.9 Å². The highest BCUT2D eigenvalue weighted by atomic mass is 32.2. The van der Waals surface area contributed by atoms with E-state index >= 15 is 0 Å². The Bertz CT molecular complexity index is 1180. The van der Waals surface area contributed by atoms with E-state index in [0.717, 1.165) is 5.56 Å². The maximum atomic E-state index is 12.9. The average Bonchev–Trinajstić information content (AvgIpc) is 3.41. The standard InChI is InChI=1S/C22H23N5O5S/c1-13(2)19(23-21(28)15-6-9-17-18(10-15)32-12-31-17)20-24-25-22(26(20)3)33-11-14-4-7-16(8-5-14)27(29)30/h4-10,13,19H,11-12H2,1-3H3,(H,23,28). The number of nitro benzene ring substituents is 1. The molecule has 33 heavy (non-hydrogen) atoms. The number of carbonyl (C=O) groups is 1. The van der Waals surface area contributed by atoms with Gasteiger partial charge in [0, 0.05) is 30.5 Å². The van der Waals surface area contributed by atoms with Crippen molar-refractivity contribution in [3.8, 4) is 11.5 Å². The SMILES string of the molecule is CC(C)C(NC(=O)c1ccc2c(c1)OCO2)c1nnc(SCc2ccc([N+](=O)[O-])cc2)n1C. The molecule has 2 heterocycles. The van der Waals surface area contributed by atoms with Gasteiger partial charge in [-0.2, -0.15) is 0 Å². The molecule has 1 N–H and O–H groups in total. The lowest BCUT2D eigenvalue weighted by Crippen LogP contribution is -2.33. The summed E-state index contributed by atoms with van der Waals surface area (Å²) >= 11 is 1.47. The predicted octanol–water partition coefficient (Wildman–Crippen LogP) is 3.87. The third-order valence-electron chi connectivity index (χ3n) is 5.25. The number of benzene rings is 2. The first-order valence-electron chi connectivity index (χ1n) is 10.3. The Labute approximate surface area is 194 Å². The van der Waals surface area contributed by atoms with E-state index in [4.69, 9.17) is 9.47 Å². The van der Waals surface area contributed by atoms with E-state index in [0.29, 0.717) is 33.8 Å². The fraction of sp³-hybridized carbons (Fsp3) is 0.318. The summed E-state index contributed by atoms with van der Waals surface area (Å²) in [4.78, 5) is 23.3. The number of amides is 1. The molecular formula is C22H23N5O5S. The van der Waals surface area contributed by atoms with Gasteiger partial charge in [0.15, 0.2) is 22.5 Å². The number of aromatic nitrogens is 3. The van der Waals surface area contributed by atoms with Crippen LogP contribution in [0.15, 0.2) is 47.6 Å². The molecule has 1 aliphatic heterocycles. The minimum Gasteiger partial charge on any atom is -0.454 e. The summed E-state index contributed by atoms with van der Waals surface area (Å²) in [5.74, 6) is 2.22. The first-order chi connectivity index (χ1) is 15.8. The number of non-ortho nitro benzene ring substituents is 1. The Morgan fingerprint density at radius 2 is 1.91 bits per heavy atom. The Morgan fingerprint density at radius 3 is 2.61 bits per heavy atom. The van der Waals surface area contributed by atoms with Gasteiger partial charge in [0.25, 0.3) is 11.6 Å². The zero-order valence-corrected chi connectivity index (χ0v) is 19.2. The molecule has 0 saturated carbocycles. The number of nitrogens with one attached hydrogen (secondary N) is 1.